The number of benzene rings is 1. The Morgan fingerprint density at radius 1 is 1.17 bits per heavy atom. The molecule has 1 unspecified atom stereocenters. The van der Waals surface area contributed by atoms with Crippen molar-refractivity contribution in [3.63, 3.8) is 0 Å². The number of hydrogen-bond acceptors (Lipinski definition) is 2. The van der Waals surface area contributed by atoms with E-state index in [4.69, 9.17) is 5.73 Å². The van der Waals surface area contributed by atoms with Crippen molar-refractivity contribution in [2.24, 2.45) is 11.7 Å². The van der Waals surface area contributed by atoms with Gasteiger partial charge in [0.15, 0.2) is 0 Å². The number of pyridine rings is 1. The summed E-state index contributed by atoms with van der Waals surface area (Å²) in [4.78, 5) is 4.69. The van der Waals surface area contributed by atoms with Crippen LogP contribution < -0.4 is 5.73 Å². The minimum atomic E-state index is 0.0516. The van der Waals surface area contributed by atoms with Gasteiger partial charge >= 0.3 is 0 Å². The van der Waals surface area contributed by atoms with Crippen molar-refractivity contribution >= 4 is 10.9 Å². The van der Waals surface area contributed by atoms with Gasteiger partial charge in [0.25, 0.3) is 0 Å². The van der Waals surface area contributed by atoms with Crippen LogP contribution in [0.2, 0.25) is 0 Å². The lowest BCUT2D eigenvalue weighted by Crippen LogP contribution is -2.13. The number of aryl methyl sites for hydroxylation is 1. The maximum absolute atomic E-state index is 6.24. The minimum Gasteiger partial charge on any atom is -0.323 e. The van der Waals surface area contributed by atoms with Gasteiger partial charge in [-0.2, -0.15) is 0 Å². The number of nitrogens with two attached hydrogens (primary N) is 1. The van der Waals surface area contributed by atoms with Gasteiger partial charge in [0.05, 0.1) is 11.2 Å². The molecule has 2 N–H and O–H groups in total. The summed E-state index contributed by atoms with van der Waals surface area (Å²) in [6, 6.07) is 10.4. The average Bonchev–Trinajstić information content (AvgIpc) is 2.36. The number of para-hydroxylation sites is 1. The molecule has 96 valence electrons. The minimum absolute atomic E-state index is 0.0516. The maximum Gasteiger partial charge on any atom is 0.0708 e. The largest absolute Gasteiger partial charge is 0.323 e. The van der Waals surface area contributed by atoms with Crippen molar-refractivity contribution in [1.29, 1.82) is 0 Å². The number of rotatable bonds is 4. The first-order valence-corrected chi connectivity index (χ1v) is 6.70. The van der Waals surface area contributed by atoms with Crippen LogP contribution in [0.25, 0.3) is 10.9 Å². The van der Waals surface area contributed by atoms with Gasteiger partial charge in [0.1, 0.15) is 0 Å². The van der Waals surface area contributed by atoms with E-state index in [-0.39, 0.29) is 6.04 Å². The summed E-state index contributed by atoms with van der Waals surface area (Å²) in [5, 5.41) is 1.22. The van der Waals surface area contributed by atoms with Crippen LogP contribution in [0.1, 0.15) is 44.0 Å². The third-order valence-electron chi connectivity index (χ3n) is 3.38. The Morgan fingerprint density at radius 3 is 2.61 bits per heavy atom. The first-order chi connectivity index (χ1) is 8.58. The van der Waals surface area contributed by atoms with Gasteiger partial charge in [-0.25, -0.2) is 0 Å². The number of aromatic nitrogens is 1. The zero-order valence-electron chi connectivity index (χ0n) is 11.5. The zero-order chi connectivity index (χ0) is 13.1. The molecule has 2 aromatic rings. The summed E-state index contributed by atoms with van der Waals surface area (Å²) in [5.41, 5.74) is 9.57. The SMILES string of the molecule is Cc1cc(C(N)CCC(C)C)nc2ccccc12. The summed E-state index contributed by atoms with van der Waals surface area (Å²) < 4.78 is 0. The Hall–Kier alpha value is -1.41. The standard InChI is InChI=1S/C16H22N2/c1-11(2)8-9-14(17)16-10-12(3)13-6-4-5-7-15(13)18-16/h4-7,10-11,14H,8-9,17H2,1-3H3. The van der Waals surface area contributed by atoms with Crippen LogP contribution in [-0.2, 0) is 0 Å². The first-order valence-electron chi connectivity index (χ1n) is 6.70. The average molecular weight is 242 g/mol. The molecule has 0 aliphatic rings. The number of fused-ring (bicyclic) bond motifs is 1. The Labute approximate surface area is 109 Å². The molecule has 0 aliphatic heterocycles. The molecule has 0 saturated heterocycles. The molecule has 0 spiro atoms. The van der Waals surface area contributed by atoms with E-state index < -0.39 is 0 Å². The molecule has 2 heteroatoms. The topological polar surface area (TPSA) is 38.9 Å². The molecule has 1 aromatic heterocycles. The van der Waals surface area contributed by atoms with Crippen LogP contribution in [0.15, 0.2) is 30.3 Å². The van der Waals surface area contributed by atoms with E-state index in [9.17, 15) is 0 Å². The van der Waals surface area contributed by atoms with Crippen molar-refractivity contribution in [3.05, 3.63) is 41.6 Å². The van der Waals surface area contributed by atoms with Gasteiger partial charge in [0.2, 0.25) is 0 Å². The number of nitrogens with zero attached hydrogens (tertiary/aromatic N) is 1. The lowest BCUT2D eigenvalue weighted by molar-refractivity contribution is 0.502. The molecular weight excluding hydrogens is 220 g/mol. The van der Waals surface area contributed by atoms with Gasteiger partial charge in [0, 0.05) is 11.4 Å². The molecule has 0 fully saturated rings. The Kier molecular flexibility index (Phi) is 3.97. The summed E-state index contributed by atoms with van der Waals surface area (Å²) >= 11 is 0. The summed E-state index contributed by atoms with van der Waals surface area (Å²) in [7, 11) is 0. The molecular formula is C16H22N2. The van der Waals surface area contributed by atoms with Crippen LogP contribution in [0.5, 0.6) is 0 Å². The molecule has 1 aromatic carbocycles. The molecule has 1 heterocycles. The van der Waals surface area contributed by atoms with Gasteiger partial charge in [-0.05, 0) is 43.4 Å². The molecule has 0 aliphatic carbocycles. The molecule has 2 rings (SSSR count). The predicted octanol–water partition coefficient (Wildman–Crippen LogP) is 3.98. The molecule has 1 atom stereocenters. The Bertz CT molecular complexity index is 532. The van der Waals surface area contributed by atoms with Crippen LogP contribution in [0.3, 0.4) is 0 Å². The Balaban J connectivity index is 2.28. The molecule has 0 saturated carbocycles. The second kappa shape index (κ2) is 5.49. The second-order valence-electron chi connectivity index (χ2n) is 5.46. The van der Waals surface area contributed by atoms with Gasteiger partial charge in [-0.1, -0.05) is 32.0 Å². The monoisotopic (exact) mass is 242 g/mol. The fraction of sp³-hybridized carbons (Fsp3) is 0.438. The molecule has 2 nitrogen and oxygen atoms in total. The summed E-state index contributed by atoms with van der Waals surface area (Å²) in [5.74, 6) is 0.692. The van der Waals surface area contributed by atoms with E-state index >= 15 is 0 Å². The second-order valence-corrected chi connectivity index (χ2v) is 5.46. The van der Waals surface area contributed by atoms with Crippen molar-refractivity contribution in [2.45, 2.75) is 39.7 Å². The van der Waals surface area contributed by atoms with Crippen LogP contribution >= 0.6 is 0 Å². The predicted molar refractivity (Wildman–Crippen MR) is 77.5 cm³/mol. The van der Waals surface area contributed by atoms with E-state index in [2.05, 4.69) is 50.0 Å². The van der Waals surface area contributed by atoms with Crippen molar-refractivity contribution < 1.29 is 0 Å². The third kappa shape index (κ3) is 2.88. The smallest absolute Gasteiger partial charge is 0.0708 e. The highest BCUT2D eigenvalue weighted by atomic mass is 14.8. The van der Waals surface area contributed by atoms with E-state index in [1.165, 1.54) is 10.9 Å². The highest BCUT2D eigenvalue weighted by molar-refractivity contribution is 5.82. The first kappa shape index (κ1) is 13.0. The van der Waals surface area contributed by atoms with E-state index in [0.29, 0.717) is 5.92 Å². The Morgan fingerprint density at radius 2 is 1.89 bits per heavy atom. The lowest BCUT2D eigenvalue weighted by Gasteiger charge is -2.14. The molecule has 18 heavy (non-hydrogen) atoms. The highest BCUT2D eigenvalue weighted by Gasteiger charge is 2.10. The molecule has 0 amide bonds. The summed E-state index contributed by atoms with van der Waals surface area (Å²) in [6.45, 7) is 6.58. The summed E-state index contributed by atoms with van der Waals surface area (Å²) in [6.07, 6.45) is 2.15. The van der Waals surface area contributed by atoms with Crippen LogP contribution in [0, 0.1) is 12.8 Å². The fourth-order valence-corrected chi connectivity index (χ4v) is 2.23. The van der Waals surface area contributed by atoms with Crippen molar-refractivity contribution in [1.82, 2.24) is 4.98 Å². The van der Waals surface area contributed by atoms with Crippen molar-refractivity contribution in [3.8, 4) is 0 Å². The molecule has 0 radical (unpaired) electrons. The van der Waals surface area contributed by atoms with Gasteiger partial charge in [-0.15, -0.1) is 0 Å². The van der Waals surface area contributed by atoms with Crippen LogP contribution in [0.4, 0.5) is 0 Å². The highest BCUT2D eigenvalue weighted by Crippen LogP contribution is 2.23. The van der Waals surface area contributed by atoms with Gasteiger partial charge in [-0.3, -0.25) is 4.98 Å². The maximum atomic E-state index is 6.24. The normalized spacial score (nSPS) is 13.2. The van der Waals surface area contributed by atoms with Crippen molar-refractivity contribution in [2.75, 3.05) is 0 Å². The quantitative estimate of drug-likeness (QED) is 0.880. The van der Waals surface area contributed by atoms with E-state index in [1.807, 2.05) is 6.07 Å². The zero-order valence-corrected chi connectivity index (χ0v) is 11.5. The van der Waals surface area contributed by atoms with E-state index in [1.54, 1.807) is 0 Å². The number of hydrogen-bond donors (Lipinski definition) is 1. The van der Waals surface area contributed by atoms with Gasteiger partial charge < -0.3 is 5.73 Å². The lowest BCUT2D eigenvalue weighted by atomic mass is 9.99. The molecule has 0 bridgehead atoms. The van der Waals surface area contributed by atoms with E-state index in [0.717, 1.165) is 24.1 Å². The third-order valence-corrected chi connectivity index (χ3v) is 3.38. The fourth-order valence-electron chi connectivity index (χ4n) is 2.23. The van der Waals surface area contributed by atoms with Crippen LogP contribution in [-0.4, -0.2) is 4.98 Å².